The van der Waals surface area contributed by atoms with E-state index in [1.807, 2.05) is 18.2 Å². The highest BCUT2D eigenvalue weighted by Gasteiger charge is 2.62. The largest absolute Gasteiger partial charge is 0.496 e. The molecule has 0 saturated carbocycles. The molecule has 0 aromatic heterocycles. The van der Waals surface area contributed by atoms with Gasteiger partial charge in [0.15, 0.2) is 0 Å². The van der Waals surface area contributed by atoms with E-state index >= 15 is 0 Å². The van der Waals surface area contributed by atoms with Gasteiger partial charge in [-0.15, -0.1) is 0 Å². The molecule has 100 valence electrons. The van der Waals surface area contributed by atoms with E-state index < -0.39 is 5.41 Å². The lowest BCUT2D eigenvalue weighted by Gasteiger charge is -2.55. The number of halogens is 1. The van der Waals surface area contributed by atoms with Crippen molar-refractivity contribution in [3.05, 3.63) is 28.2 Å². The zero-order valence-electron chi connectivity index (χ0n) is 10.6. The third-order valence-corrected chi connectivity index (χ3v) is 4.85. The molecule has 0 N–H and O–H groups in total. The summed E-state index contributed by atoms with van der Waals surface area (Å²) in [6, 6.07) is 8.42. The van der Waals surface area contributed by atoms with Crippen LogP contribution in [-0.2, 0) is 14.9 Å². The third-order valence-electron chi connectivity index (χ3n) is 4.23. The predicted octanol–water partition coefficient (Wildman–Crippen LogP) is 2.27. The van der Waals surface area contributed by atoms with Gasteiger partial charge in [0.25, 0.3) is 0 Å². The fraction of sp³-hybridized carbons (Fsp3) is 0.500. The van der Waals surface area contributed by atoms with Crippen molar-refractivity contribution in [3.8, 4) is 11.8 Å². The lowest BCUT2D eigenvalue weighted by Crippen LogP contribution is -2.66. The number of rotatable bonds is 3. The highest BCUT2D eigenvalue weighted by atomic mass is 79.9. The number of methoxy groups -OCH3 is 1. The van der Waals surface area contributed by atoms with Crippen LogP contribution in [0.1, 0.15) is 5.56 Å². The van der Waals surface area contributed by atoms with Crippen molar-refractivity contribution >= 4 is 15.9 Å². The van der Waals surface area contributed by atoms with E-state index in [2.05, 4.69) is 22.0 Å². The Bertz CT molecular complexity index is 544. The Hall–Kier alpha value is -1.09. The Kier molecular flexibility index (Phi) is 3.05. The Balaban J connectivity index is 2.03. The maximum absolute atomic E-state index is 9.55. The zero-order chi connectivity index (χ0) is 13.5. The molecule has 2 aliphatic heterocycles. The molecule has 2 fully saturated rings. The van der Waals surface area contributed by atoms with Gasteiger partial charge in [-0.2, -0.15) is 5.26 Å². The molecule has 0 spiro atoms. The summed E-state index contributed by atoms with van der Waals surface area (Å²) in [6.07, 6.45) is 0. The molecule has 5 heteroatoms. The van der Waals surface area contributed by atoms with E-state index in [1.54, 1.807) is 7.11 Å². The van der Waals surface area contributed by atoms with Crippen LogP contribution in [-0.4, -0.2) is 33.5 Å². The molecular weight excluding hydrogens is 310 g/mol. The first-order valence-corrected chi connectivity index (χ1v) is 6.87. The van der Waals surface area contributed by atoms with Crippen LogP contribution in [0.25, 0.3) is 0 Å². The highest BCUT2D eigenvalue weighted by molar-refractivity contribution is 9.10. The van der Waals surface area contributed by atoms with Crippen molar-refractivity contribution < 1.29 is 14.2 Å². The summed E-state index contributed by atoms with van der Waals surface area (Å²) in [7, 11) is 1.64. The van der Waals surface area contributed by atoms with Gasteiger partial charge in [-0.1, -0.05) is 6.07 Å². The van der Waals surface area contributed by atoms with Gasteiger partial charge in [-0.05, 0) is 33.6 Å². The Morgan fingerprint density at radius 3 is 2.32 bits per heavy atom. The molecule has 0 aliphatic carbocycles. The second-order valence-electron chi connectivity index (χ2n) is 5.11. The summed E-state index contributed by atoms with van der Waals surface area (Å²) >= 11 is 3.50. The first kappa shape index (κ1) is 12.9. The number of hydrogen-bond acceptors (Lipinski definition) is 4. The number of nitriles is 1. The first-order chi connectivity index (χ1) is 9.17. The minimum absolute atomic E-state index is 0.255. The summed E-state index contributed by atoms with van der Waals surface area (Å²) in [5.41, 5.74) is 0.393. The summed E-state index contributed by atoms with van der Waals surface area (Å²) in [6.45, 7) is 2.11. The second-order valence-corrected chi connectivity index (χ2v) is 5.97. The maximum atomic E-state index is 9.55. The van der Waals surface area contributed by atoms with Crippen molar-refractivity contribution in [3.63, 3.8) is 0 Å². The van der Waals surface area contributed by atoms with Gasteiger partial charge in [0.1, 0.15) is 11.2 Å². The minimum atomic E-state index is -0.459. The number of ether oxygens (including phenoxy) is 3. The lowest BCUT2D eigenvalue weighted by molar-refractivity contribution is -0.201. The fourth-order valence-corrected chi connectivity index (χ4v) is 3.28. The number of benzene rings is 1. The van der Waals surface area contributed by atoms with E-state index in [1.165, 1.54) is 0 Å². The van der Waals surface area contributed by atoms with Gasteiger partial charge < -0.3 is 14.2 Å². The average Bonchev–Trinajstić information content (AvgIpc) is 2.31. The van der Waals surface area contributed by atoms with Crippen LogP contribution in [0, 0.1) is 16.7 Å². The van der Waals surface area contributed by atoms with E-state index in [0.717, 1.165) is 15.8 Å². The summed E-state index contributed by atoms with van der Waals surface area (Å²) in [4.78, 5) is 0. The van der Waals surface area contributed by atoms with Gasteiger partial charge in [0, 0.05) is 0 Å². The molecule has 2 aliphatic rings. The Labute approximate surface area is 120 Å². The Morgan fingerprint density at radius 1 is 1.26 bits per heavy atom. The van der Waals surface area contributed by atoms with E-state index in [9.17, 15) is 5.26 Å². The monoisotopic (exact) mass is 323 g/mol. The molecular formula is C14H14BrNO3. The normalized spacial score (nSPS) is 22.8. The SMILES string of the molecule is COc1ccc(C2(C3(C#N)COC3)COC2)cc1Br. The number of nitrogens with zero attached hydrogens (tertiary/aromatic N) is 1. The summed E-state index contributed by atoms with van der Waals surface area (Å²) in [5.74, 6) is 0.787. The van der Waals surface area contributed by atoms with Crippen molar-refractivity contribution in [1.29, 1.82) is 5.26 Å². The number of hydrogen-bond donors (Lipinski definition) is 0. The molecule has 0 radical (unpaired) electrons. The summed E-state index contributed by atoms with van der Waals surface area (Å²) in [5, 5.41) is 9.55. The molecule has 0 amide bonds. The topological polar surface area (TPSA) is 51.5 Å². The van der Waals surface area contributed by atoms with Crippen molar-refractivity contribution in [2.24, 2.45) is 5.41 Å². The average molecular weight is 324 g/mol. The van der Waals surface area contributed by atoms with Crippen LogP contribution in [0.15, 0.2) is 22.7 Å². The van der Waals surface area contributed by atoms with E-state index in [-0.39, 0.29) is 5.41 Å². The molecule has 0 unspecified atom stereocenters. The van der Waals surface area contributed by atoms with Crippen molar-refractivity contribution in [2.45, 2.75) is 5.41 Å². The molecule has 3 rings (SSSR count). The van der Waals surface area contributed by atoms with Gasteiger partial charge in [0.2, 0.25) is 0 Å². The molecule has 0 atom stereocenters. The van der Waals surface area contributed by atoms with Crippen LogP contribution in [0.3, 0.4) is 0 Å². The smallest absolute Gasteiger partial charge is 0.133 e. The maximum Gasteiger partial charge on any atom is 0.133 e. The molecule has 19 heavy (non-hydrogen) atoms. The van der Waals surface area contributed by atoms with Crippen molar-refractivity contribution in [2.75, 3.05) is 33.5 Å². The molecule has 1 aromatic carbocycles. The standard InChI is InChI=1S/C14H14BrNO3/c1-17-12-3-2-10(4-11(12)15)14(8-19-9-14)13(5-16)6-18-7-13/h2-4H,6-9H2,1H3. The second kappa shape index (κ2) is 4.48. The molecule has 1 aromatic rings. The third kappa shape index (κ3) is 1.64. The minimum Gasteiger partial charge on any atom is -0.496 e. The Morgan fingerprint density at radius 2 is 1.95 bits per heavy atom. The molecule has 4 nitrogen and oxygen atoms in total. The van der Waals surface area contributed by atoms with E-state index in [4.69, 9.17) is 14.2 Å². The van der Waals surface area contributed by atoms with Crippen LogP contribution >= 0.6 is 15.9 Å². The van der Waals surface area contributed by atoms with Gasteiger partial charge in [-0.3, -0.25) is 0 Å². The van der Waals surface area contributed by atoms with Gasteiger partial charge in [-0.25, -0.2) is 0 Å². The molecule has 2 heterocycles. The van der Waals surface area contributed by atoms with Crippen LogP contribution in [0.4, 0.5) is 0 Å². The highest BCUT2D eigenvalue weighted by Crippen LogP contribution is 2.52. The predicted molar refractivity (Wildman–Crippen MR) is 72.1 cm³/mol. The summed E-state index contributed by atoms with van der Waals surface area (Å²) < 4.78 is 16.9. The zero-order valence-corrected chi connectivity index (χ0v) is 12.2. The first-order valence-electron chi connectivity index (χ1n) is 6.08. The lowest BCUT2D eigenvalue weighted by atomic mass is 9.58. The quantitative estimate of drug-likeness (QED) is 0.856. The van der Waals surface area contributed by atoms with Gasteiger partial charge >= 0.3 is 0 Å². The fourth-order valence-electron chi connectivity index (χ4n) is 2.74. The molecule has 2 saturated heterocycles. The van der Waals surface area contributed by atoms with Crippen LogP contribution in [0.2, 0.25) is 0 Å². The van der Waals surface area contributed by atoms with Gasteiger partial charge in [0.05, 0.1) is 49.5 Å². The van der Waals surface area contributed by atoms with Crippen molar-refractivity contribution in [1.82, 2.24) is 0 Å². The molecule has 0 bridgehead atoms. The van der Waals surface area contributed by atoms with Crippen LogP contribution in [0.5, 0.6) is 5.75 Å². The van der Waals surface area contributed by atoms with E-state index in [0.29, 0.717) is 26.4 Å². The van der Waals surface area contributed by atoms with Crippen LogP contribution < -0.4 is 4.74 Å².